The number of halogens is 1. The summed E-state index contributed by atoms with van der Waals surface area (Å²) in [6.07, 6.45) is 1.85. The van der Waals surface area contributed by atoms with Crippen molar-refractivity contribution >= 4 is 57.3 Å². The molecule has 0 unspecified atom stereocenters. The Morgan fingerprint density at radius 2 is 1.90 bits per heavy atom. The van der Waals surface area contributed by atoms with Crippen LogP contribution in [0.2, 0.25) is 0 Å². The predicted molar refractivity (Wildman–Crippen MR) is 91.1 cm³/mol. The number of carbonyl (C=O) groups excluding carboxylic acids is 1. The molecule has 0 atom stereocenters. The molecule has 6 heteroatoms. The summed E-state index contributed by atoms with van der Waals surface area (Å²) in [6.45, 7) is 2.02. The van der Waals surface area contributed by atoms with Gasteiger partial charge in [0, 0.05) is 9.75 Å². The molecule has 1 aromatic heterocycles. The van der Waals surface area contributed by atoms with Crippen molar-refractivity contribution in [3.8, 4) is 0 Å². The molecule has 0 N–H and O–H groups in total. The minimum atomic E-state index is -0.339. The summed E-state index contributed by atoms with van der Waals surface area (Å²) in [5.41, 5.74) is 0.588. The molecule has 1 aliphatic rings. The van der Waals surface area contributed by atoms with Gasteiger partial charge in [-0.3, -0.25) is 9.69 Å². The number of aryl methyl sites for hydroxylation is 1. The van der Waals surface area contributed by atoms with Gasteiger partial charge in [0.15, 0.2) is 4.32 Å². The van der Waals surface area contributed by atoms with Crippen molar-refractivity contribution in [3.63, 3.8) is 0 Å². The van der Waals surface area contributed by atoms with E-state index < -0.39 is 0 Å². The van der Waals surface area contributed by atoms with Crippen LogP contribution < -0.4 is 4.90 Å². The number of rotatable bonds is 2. The van der Waals surface area contributed by atoms with Gasteiger partial charge in [0.25, 0.3) is 5.91 Å². The molecular formula is C15H10FNOS3. The lowest BCUT2D eigenvalue weighted by molar-refractivity contribution is -0.113. The van der Waals surface area contributed by atoms with E-state index in [2.05, 4.69) is 0 Å². The second kappa shape index (κ2) is 5.71. The van der Waals surface area contributed by atoms with Crippen molar-refractivity contribution in [3.05, 3.63) is 56.9 Å². The normalized spacial score (nSPS) is 17.0. The Morgan fingerprint density at radius 1 is 1.19 bits per heavy atom. The van der Waals surface area contributed by atoms with Crippen molar-refractivity contribution in [2.45, 2.75) is 6.92 Å². The van der Waals surface area contributed by atoms with E-state index in [1.54, 1.807) is 23.5 Å². The summed E-state index contributed by atoms with van der Waals surface area (Å²) in [5.74, 6) is -0.503. The van der Waals surface area contributed by atoms with Gasteiger partial charge in [-0.1, -0.05) is 24.0 Å². The first kappa shape index (κ1) is 14.4. The molecule has 3 rings (SSSR count). The Labute approximate surface area is 135 Å². The first-order chi connectivity index (χ1) is 10.0. The SMILES string of the molecule is Cc1ccc(/C=C2/SC(=S)N(c3ccc(F)cc3)C2=O)s1. The molecule has 2 heterocycles. The van der Waals surface area contributed by atoms with E-state index in [0.29, 0.717) is 14.9 Å². The van der Waals surface area contributed by atoms with Crippen molar-refractivity contribution in [2.24, 2.45) is 0 Å². The van der Waals surface area contributed by atoms with Crippen LogP contribution in [0.1, 0.15) is 9.75 Å². The highest BCUT2D eigenvalue weighted by Gasteiger charge is 2.33. The number of thiophene rings is 1. The zero-order valence-corrected chi connectivity index (χ0v) is 13.4. The third-order valence-corrected chi connectivity index (χ3v) is 5.16. The van der Waals surface area contributed by atoms with E-state index in [1.165, 1.54) is 33.7 Å². The van der Waals surface area contributed by atoms with Crippen molar-refractivity contribution in [2.75, 3.05) is 4.90 Å². The van der Waals surface area contributed by atoms with Crippen LogP contribution in [0.25, 0.3) is 6.08 Å². The highest BCUT2D eigenvalue weighted by Crippen LogP contribution is 2.36. The minimum Gasteiger partial charge on any atom is -0.268 e. The summed E-state index contributed by atoms with van der Waals surface area (Å²) in [7, 11) is 0. The summed E-state index contributed by atoms with van der Waals surface area (Å²) in [5, 5.41) is 0. The quantitative estimate of drug-likeness (QED) is 0.591. The van der Waals surface area contributed by atoms with E-state index in [4.69, 9.17) is 12.2 Å². The highest BCUT2D eigenvalue weighted by molar-refractivity contribution is 8.27. The number of anilines is 1. The van der Waals surface area contributed by atoms with Crippen LogP contribution in [0.4, 0.5) is 10.1 Å². The molecule has 0 radical (unpaired) electrons. The fraction of sp³-hybridized carbons (Fsp3) is 0.0667. The third-order valence-electron chi connectivity index (χ3n) is 2.91. The zero-order chi connectivity index (χ0) is 15.0. The van der Waals surface area contributed by atoms with E-state index in [0.717, 1.165) is 4.88 Å². The standard InChI is InChI=1S/C15H10FNOS3/c1-9-2-7-12(20-9)8-13-14(18)17(15(19)21-13)11-5-3-10(16)4-6-11/h2-8H,1H3/b13-8+. The van der Waals surface area contributed by atoms with E-state index >= 15 is 0 Å². The largest absolute Gasteiger partial charge is 0.270 e. The van der Waals surface area contributed by atoms with E-state index in [-0.39, 0.29) is 11.7 Å². The lowest BCUT2D eigenvalue weighted by Gasteiger charge is -2.14. The molecule has 21 heavy (non-hydrogen) atoms. The van der Waals surface area contributed by atoms with Crippen LogP contribution in [-0.4, -0.2) is 10.2 Å². The number of nitrogens with zero attached hydrogens (tertiary/aromatic N) is 1. The number of amides is 1. The van der Waals surface area contributed by atoms with Crippen molar-refractivity contribution < 1.29 is 9.18 Å². The molecule has 1 fully saturated rings. The van der Waals surface area contributed by atoms with E-state index in [9.17, 15) is 9.18 Å². The van der Waals surface area contributed by atoms with Gasteiger partial charge in [-0.15, -0.1) is 11.3 Å². The monoisotopic (exact) mass is 335 g/mol. The Kier molecular flexibility index (Phi) is 3.93. The maximum absolute atomic E-state index is 13.0. The average Bonchev–Trinajstić information content (AvgIpc) is 2.96. The molecule has 0 bridgehead atoms. The van der Waals surface area contributed by atoms with Gasteiger partial charge in [-0.25, -0.2) is 4.39 Å². The number of thiocarbonyl (C=S) groups is 1. The van der Waals surface area contributed by atoms with Gasteiger partial charge in [-0.05, 0) is 49.4 Å². The second-order valence-electron chi connectivity index (χ2n) is 4.44. The number of carbonyl (C=O) groups is 1. The Balaban J connectivity index is 1.92. The smallest absolute Gasteiger partial charge is 0.268 e. The molecule has 1 aromatic carbocycles. The number of hydrogen-bond acceptors (Lipinski definition) is 4. The minimum absolute atomic E-state index is 0.164. The molecule has 1 aliphatic heterocycles. The maximum Gasteiger partial charge on any atom is 0.270 e. The fourth-order valence-electron chi connectivity index (χ4n) is 1.94. The van der Waals surface area contributed by atoms with Gasteiger partial charge >= 0.3 is 0 Å². The summed E-state index contributed by atoms with van der Waals surface area (Å²) in [6, 6.07) is 9.73. The second-order valence-corrected chi connectivity index (χ2v) is 7.44. The van der Waals surface area contributed by atoms with Gasteiger partial charge < -0.3 is 0 Å². The number of benzene rings is 1. The summed E-state index contributed by atoms with van der Waals surface area (Å²) >= 11 is 8.16. The van der Waals surface area contributed by atoms with Gasteiger partial charge in [0.05, 0.1) is 10.6 Å². The summed E-state index contributed by atoms with van der Waals surface area (Å²) in [4.78, 5) is 16.7. The van der Waals surface area contributed by atoms with Crippen molar-refractivity contribution in [1.82, 2.24) is 0 Å². The van der Waals surface area contributed by atoms with Crippen molar-refractivity contribution in [1.29, 1.82) is 0 Å². The lowest BCUT2D eigenvalue weighted by Crippen LogP contribution is -2.27. The molecule has 0 aliphatic carbocycles. The number of hydrogen-bond donors (Lipinski definition) is 0. The molecule has 0 saturated carbocycles. The zero-order valence-electron chi connectivity index (χ0n) is 11.0. The fourth-order valence-corrected chi connectivity index (χ4v) is 4.13. The molecule has 106 valence electrons. The highest BCUT2D eigenvalue weighted by atomic mass is 32.2. The predicted octanol–water partition coefficient (Wildman–Crippen LogP) is 4.60. The lowest BCUT2D eigenvalue weighted by atomic mass is 10.3. The summed E-state index contributed by atoms with van der Waals surface area (Å²) < 4.78 is 13.4. The molecule has 2 nitrogen and oxygen atoms in total. The molecule has 1 amide bonds. The Bertz CT molecular complexity index is 749. The van der Waals surface area contributed by atoms with Crippen LogP contribution in [0, 0.1) is 12.7 Å². The van der Waals surface area contributed by atoms with Crippen LogP contribution in [0.5, 0.6) is 0 Å². The average molecular weight is 335 g/mol. The van der Waals surface area contributed by atoms with Crippen LogP contribution >= 0.6 is 35.3 Å². The maximum atomic E-state index is 13.0. The Hall–Kier alpha value is -1.50. The third kappa shape index (κ3) is 2.92. The van der Waals surface area contributed by atoms with Crippen LogP contribution in [-0.2, 0) is 4.79 Å². The molecule has 2 aromatic rings. The first-order valence-corrected chi connectivity index (χ1v) is 8.19. The topological polar surface area (TPSA) is 20.3 Å². The molecule has 0 spiro atoms. The van der Waals surface area contributed by atoms with Gasteiger partial charge in [0.1, 0.15) is 5.82 Å². The van der Waals surface area contributed by atoms with E-state index in [1.807, 2.05) is 25.1 Å². The Morgan fingerprint density at radius 3 is 2.52 bits per heavy atom. The number of thioether (sulfide) groups is 1. The van der Waals surface area contributed by atoms with Crippen LogP contribution in [0.3, 0.4) is 0 Å². The first-order valence-electron chi connectivity index (χ1n) is 6.14. The van der Waals surface area contributed by atoms with Crippen LogP contribution in [0.15, 0.2) is 41.3 Å². The molecule has 1 saturated heterocycles. The molecular weight excluding hydrogens is 325 g/mol. The van der Waals surface area contributed by atoms with Gasteiger partial charge in [-0.2, -0.15) is 0 Å². The van der Waals surface area contributed by atoms with Gasteiger partial charge in [0.2, 0.25) is 0 Å².